The van der Waals surface area contributed by atoms with Crippen LogP contribution >= 0.6 is 11.6 Å². The van der Waals surface area contributed by atoms with Gasteiger partial charge in [0.2, 0.25) is 0 Å². The first-order chi connectivity index (χ1) is 8.16. The molecule has 0 radical (unpaired) electrons. The Labute approximate surface area is 107 Å². The molecular formula is C13H18ClN3. The SMILES string of the molecule is Nc1ncc(Cl)cc1C(N)CC1=CCCCC1. The normalized spacial score (nSPS) is 17.6. The van der Waals surface area contributed by atoms with Gasteiger partial charge in [0, 0.05) is 17.8 Å². The van der Waals surface area contributed by atoms with Crippen LogP contribution in [0.4, 0.5) is 5.82 Å². The fraction of sp³-hybridized carbons (Fsp3) is 0.462. The number of anilines is 1. The molecule has 1 unspecified atom stereocenters. The van der Waals surface area contributed by atoms with E-state index in [1.807, 2.05) is 6.07 Å². The summed E-state index contributed by atoms with van der Waals surface area (Å²) < 4.78 is 0. The van der Waals surface area contributed by atoms with E-state index in [0.29, 0.717) is 10.8 Å². The highest BCUT2D eigenvalue weighted by Gasteiger charge is 2.14. The molecule has 4 N–H and O–H groups in total. The third-order valence-electron chi connectivity index (χ3n) is 3.18. The Morgan fingerprint density at radius 2 is 2.24 bits per heavy atom. The van der Waals surface area contributed by atoms with Gasteiger partial charge in [0.1, 0.15) is 5.82 Å². The Kier molecular flexibility index (Phi) is 4.02. The molecule has 0 aromatic carbocycles. The average molecular weight is 252 g/mol. The summed E-state index contributed by atoms with van der Waals surface area (Å²) in [4.78, 5) is 4.04. The van der Waals surface area contributed by atoms with Crippen molar-refractivity contribution in [2.24, 2.45) is 5.73 Å². The Bertz CT molecular complexity index is 429. The molecule has 0 spiro atoms. The van der Waals surface area contributed by atoms with Gasteiger partial charge in [-0.2, -0.15) is 0 Å². The van der Waals surface area contributed by atoms with Crippen LogP contribution in [0.1, 0.15) is 43.7 Å². The van der Waals surface area contributed by atoms with Gasteiger partial charge in [-0.05, 0) is 38.2 Å². The van der Waals surface area contributed by atoms with Crippen LogP contribution in [0.5, 0.6) is 0 Å². The van der Waals surface area contributed by atoms with Gasteiger partial charge >= 0.3 is 0 Å². The van der Waals surface area contributed by atoms with E-state index in [0.717, 1.165) is 18.4 Å². The number of allylic oxidation sites excluding steroid dienone is 1. The summed E-state index contributed by atoms with van der Waals surface area (Å²) >= 11 is 5.92. The summed E-state index contributed by atoms with van der Waals surface area (Å²) in [5.41, 5.74) is 14.3. The Morgan fingerprint density at radius 3 is 2.94 bits per heavy atom. The number of nitrogen functional groups attached to an aromatic ring is 1. The van der Waals surface area contributed by atoms with E-state index in [9.17, 15) is 0 Å². The lowest BCUT2D eigenvalue weighted by Crippen LogP contribution is -2.14. The molecule has 2 rings (SSSR count). The van der Waals surface area contributed by atoms with Gasteiger partial charge < -0.3 is 11.5 Å². The quantitative estimate of drug-likeness (QED) is 0.811. The van der Waals surface area contributed by atoms with Crippen LogP contribution < -0.4 is 11.5 Å². The van der Waals surface area contributed by atoms with E-state index in [1.165, 1.54) is 24.8 Å². The summed E-state index contributed by atoms with van der Waals surface area (Å²) in [7, 11) is 0. The van der Waals surface area contributed by atoms with Gasteiger partial charge in [0.15, 0.2) is 0 Å². The molecule has 1 aliphatic rings. The predicted molar refractivity (Wildman–Crippen MR) is 71.8 cm³/mol. The van der Waals surface area contributed by atoms with Gasteiger partial charge in [-0.3, -0.25) is 0 Å². The fourth-order valence-electron chi connectivity index (χ4n) is 2.24. The maximum absolute atomic E-state index is 6.18. The molecule has 1 aliphatic carbocycles. The molecule has 0 saturated heterocycles. The van der Waals surface area contributed by atoms with E-state index in [-0.39, 0.29) is 6.04 Å². The first kappa shape index (κ1) is 12.4. The second kappa shape index (κ2) is 5.52. The molecule has 3 nitrogen and oxygen atoms in total. The van der Waals surface area contributed by atoms with Crippen LogP contribution in [0.25, 0.3) is 0 Å². The monoisotopic (exact) mass is 251 g/mol. The minimum absolute atomic E-state index is 0.106. The molecular weight excluding hydrogens is 234 g/mol. The lowest BCUT2D eigenvalue weighted by molar-refractivity contribution is 0.628. The molecule has 0 fully saturated rings. The zero-order valence-electron chi connectivity index (χ0n) is 9.82. The number of pyridine rings is 1. The second-order valence-corrected chi connectivity index (χ2v) is 4.98. The molecule has 0 aliphatic heterocycles. The third kappa shape index (κ3) is 3.20. The van der Waals surface area contributed by atoms with Gasteiger partial charge in [-0.15, -0.1) is 0 Å². The molecule has 4 heteroatoms. The number of nitrogens with zero attached hydrogens (tertiary/aromatic N) is 1. The molecule has 0 saturated carbocycles. The summed E-state index contributed by atoms with van der Waals surface area (Å²) in [6, 6.07) is 1.71. The van der Waals surface area contributed by atoms with Crippen molar-refractivity contribution in [2.75, 3.05) is 5.73 Å². The standard InChI is InChI=1S/C13H18ClN3/c14-10-7-11(13(16)17-8-10)12(15)6-9-4-2-1-3-5-9/h4,7-8,12H,1-3,5-6,15H2,(H2,16,17). The highest BCUT2D eigenvalue weighted by molar-refractivity contribution is 6.30. The van der Waals surface area contributed by atoms with Crippen molar-refractivity contribution >= 4 is 17.4 Å². The van der Waals surface area contributed by atoms with Gasteiger partial charge in [-0.1, -0.05) is 23.3 Å². The molecule has 1 aromatic rings. The summed E-state index contributed by atoms with van der Waals surface area (Å²) in [5, 5.41) is 0.585. The molecule has 0 amide bonds. The zero-order valence-corrected chi connectivity index (χ0v) is 10.6. The van der Waals surface area contributed by atoms with Gasteiger partial charge in [0.05, 0.1) is 5.02 Å². The molecule has 0 bridgehead atoms. The third-order valence-corrected chi connectivity index (χ3v) is 3.39. The van der Waals surface area contributed by atoms with Crippen molar-refractivity contribution in [3.63, 3.8) is 0 Å². The van der Waals surface area contributed by atoms with Crippen molar-refractivity contribution in [3.8, 4) is 0 Å². The average Bonchev–Trinajstić information content (AvgIpc) is 2.33. The van der Waals surface area contributed by atoms with Crippen molar-refractivity contribution in [1.82, 2.24) is 4.98 Å². The van der Waals surface area contributed by atoms with Crippen LogP contribution in [0, 0.1) is 0 Å². The number of nitrogens with two attached hydrogens (primary N) is 2. The molecule has 17 heavy (non-hydrogen) atoms. The number of hydrogen-bond acceptors (Lipinski definition) is 3. The van der Waals surface area contributed by atoms with E-state index >= 15 is 0 Å². The van der Waals surface area contributed by atoms with Crippen molar-refractivity contribution in [1.29, 1.82) is 0 Å². The van der Waals surface area contributed by atoms with Crippen LogP contribution in [0.2, 0.25) is 5.02 Å². The van der Waals surface area contributed by atoms with Crippen LogP contribution in [-0.2, 0) is 0 Å². The number of hydrogen-bond donors (Lipinski definition) is 2. The van der Waals surface area contributed by atoms with Crippen molar-refractivity contribution in [2.45, 2.75) is 38.1 Å². The van der Waals surface area contributed by atoms with Crippen LogP contribution in [0.3, 0.4) is 0 Å². The molecule has 1 atom stereocenters. The maximum atomic E-state index is 6.18. The maximum Gasteiger partial charge on any atom is 0.128 e. The van der Waals surface area contributed by atoms with Crippen molar-refractivity contribution in [3.05, 3.63) is 34.5 Å². The van der Waals surface area contributed by atoms with Crippen LogP contribution in [-0.4, -0.2) is 4.98 Å². The zero-order chi connectivity index (χ0) is 12.3. The molecule has 92 valence electrons. The number of rotatable bonds is 3. The molecule has 1 heterocycles. The van der Waals surface area contributed by atoms with Crippen LogP contribution in [0.15, 0.2) is 23.9 Å². The lowest BCUT2D eigenvalue weighted by atomic mass is 9.92. The molecule has 1 aromatic heterocycles. The minimum atomic E-state index is -0.106. The summed E-state index contributed by atoms with van der Waals surface area (Å²) in [6.45, 7) is 0. The first-order valence-electron chi connectivity index (χ1n) is 6.01. The summed E-state index contributed by atoms with van der Waals surface area (Å²) in [5.74, 6) is 0.485. The summed E-state index contributed by atoms with van der Waals surface area (Å²) in [6.07, 6.45) is 9.59. The largest absolute Gasteiger partial charge is 0.383 e. The van der Waals surface area contributed by atoms with Gasteiger partial charge in [-0.25, -0.2) is 4.98 Å². The second-order valence-electron chi connectivity index (χ2n) is 4.55. The van der Waals surface area contributed by atoms with E-state index in [4.69, 9.17) is 23.1 Å². The highest BCUT2D eigenvalue weighted by atomic mass is 35.5. The lowest BCUT2D eigenvalue weighted by Gasteiger charge is -2.18. The minimum Gasteiger partial charge on any atom is -0.383 e. The smallest absolute Gasteiger partial charge is 0.128 e. The van der Waals surface area contributed by atoms with Gasteiger partial charge in [0.25, 0.3) is 0 Å². The van der Waals surface area contributed by atoms with Crippen molar-refractivity contribution < 1.29 is 0 Å². The predicted octanol–water partition coefficient (Wildman–Crippen LogP) is 3.21. The topological polar surface area (TPSA) is 64.9 Å². The van der Waals surface area contributed by atoms with E-state index in [1.54, 1.807) is 6.20 Å². The van der Waals surface area contributed by atoms with E-state index in [2.05, 4.69) is 11.1 Å². The Hall–Kier alpha value is -1.06. The fourth-order valence-corrected chi connectivity index (χ4v) is 2.41. The number of halogens is 1. The Morgan fingerprint density at radius 1 is 1.41 bits per heavy atom. The first-order valence-corrected chi connectivity index (χ1v) is 6.39. The highest BCUT2D eigenvalue weighted by Crippen LogP contribution is 2.29. The van der Waals surface area contributed by atoms with E-state index < -0.39 is 0 Å². The number of aromatic nitrogens is 1. The Balaban J connectivity index is 2.10.